The Hall–Kier alpha value is -9.18. The smallest absolute Gasteiger partial charge is 0.0562 e. The van der Waals surface area contributed by atoms with Crippen molar-refractivity contribution in [3.8, 4) is 33.6 Å². The van der Waals surface area contributed by atoms with Crippen molar-refractivity contribution in [2.75, 3.05) is 4.90 Å². The normalized spacial score (nSPS) is 11.8. The second-order valence-electron chi connectivity index (χ2n) is 18.1. The minimum absolute atomic E-state index is 1.08. The lowest BCUT2D eigenvalue weighted by Crippen LogP contribution is -2.10. The fourth-order valence-corrected chi connectivity index (χ4v) is 11.1. The average Bonchev–Trinajstić information content (AvgIpc) is 3.93. The van der Waals surface area contributed by atoms with Crippen molar-refractivity contribution >= 4 is 93.0 Å². The van der Waals surface area contributed by atoms with Gasteiger partial charge in [0.2, 0.25) is 0 Å². The molecule has 0 aliphatic rings. The largest absolute Gasteiger partial charge is 0.310 e. The molecule has 0 saturated heterocycles. The Morgan fingerprint density at radius 2 is 0.652 bits per heavy atom. The minimum Gasteiger partial charge on any atom is -0.310 e. The molecule has 0 bridgehead atoms. The molecule has 0 amide bonds. The van der Waals surface area contributed by atoms with Crippen LogP contribution in [0.2, 0.25) is 0 Å². The van der Waals surface area contributed by atoms with E-state index in [2.05, 4.69) is 275 Å². The monoisotopic (exact) mass is 877 g/mol. The summed E-state index contributed by atoms with van der Waals surface area (Å²) in [5.74, 6) is 0. The third kappa shape index (κ3) is 6.29. The molecule has 0 aliphatic carbocycles. The zero-order valence-electron chi connectivity index (χ0n) is 37.7. The first-order valence-corrected chi connectivity index (χ1v) is 23.8. The van der Waals surface area contributed by atoms with Crippen molar-refractivity contribution in [3.05, 3.63) is 261 Å². The second-order valence-corrected chi connectivity index (χ2v) is 18.1. The van der Waals surface area contributed by atoms with Gasteiger partial charge in [0.15, 0.2) is 0 Å². The summed E-state index contributed by atoms with van der Waals surface area (Å²) in [7, 11) is 0. The topological polar surface area (TPSA) is 13.1 Å². The number of hydrogen-bond donors (Lipinski definition) is 0. The number of aromatic nitrogens is 2. The fraction of sp³-hybridized carbons (Fsp3) is 0. The van der Waals surface area contributed by atoms with E-state index in [9.17, 15) is 0 Å². The Bertz CT molecular complexity index is 4290. The van der Waals surface area contributed by atoms with Gasteiger partial charge >= 0.3 is 0 Å². The molecule has 2 heterocycles. The van der Waals surface area contributed by atoms with Crippen LogP contribution in [0.1, 0.15) is 0 Å². The van der Waals surface area contributed by atoms with E-state index in [-0.39, 0.29) is 0 Å². The molecule has 2 aromatic heterocycles. The van der Waals surface area contributed by atoms with E-state index in [0.717, 1.165) is 22.6 Å². The maximum Gasteiger partial charge on any atom is 0.0562 e. The van der Waals surface area contributed by atoms with Crippen LogP contribution in [0.25, 0.3) is 110 Å². The zero-order chi connectivity index (χ0) is 45.4. The second kappa shape index (κ2) is 15.7. The van der Waals surface area contributed by atoms with Crippen molar-refractivity contribution in [2.24, 2.45) is 0 Å². The third-order valence-corrected chi connectivity index (χ3v) is 14.3. The van der Waals surface area contributed by atoms with E-state index in [0.29, 0.717) is 0 Å². The third-order valence-electron chi connectivity index (χ3n) is 14.3. The maximum absolute atomic E-state index is 2.45. The number of rotatable bonds is 7. The molecule has 3 nitrogen and oxygen atoms in total. The number of benzene rings is 12. The van der Waals surface area contributed by atoms with Gasteiger partial charge < -0.3 is 14.0 Å². The van der Waals surface area contributed by atoms with Crippen LogP contribution in [0.5, 0.6) is 0 Å². The summed E-state index contributed by atoms with van der Waals surface area (Å²) < 4.78 is 4.88. The summed E-state index contributed by atoms with van der Waals surface area (Å²) in [6.45, 7) is 0. The first kappa shape index (κ1) is 39.0. The molecule has 0 fully saturated rings. The lowest BCUT2D eigenvalue weighted by atomic mass is 9.98. The first-order chi connectivity index (χ1) is 34.2. The lowest BCUT2D eigenvalue weighted by Gasteiger charge is -2.26. The maximum atomic E-state index is 2.45. The van der Waals surface area contributed by atoms with E-state index in [4.69, 9.17) is 0 Å². The zero-order valence-corrected chi connectivity index (χ0v) is 37.7. The number of anilines is 3. The van der Waals surface area contributed by atoms with Crippen molar-refractivity contribution in [3.63, 3.8) is 0 Å². The number of hydrogen-bond acceptors (Lipinski definition) is 1. The predicted octanol–water partition coefficient (Wildman–Crippen LogP) is 18.1. The molecule has 0 unspecified atom stereocenters. The van der Waals surface area contributed by atoms with E-state index in [1.165, 1.54) is 104 Å². The average molecular weight is 878 g/mol. The number of fused-ring (bicyclic) bond motifs is 9. The molecule has 0 radical (unpaired) electrons. The lowest BCUT2D eigenvalue weighted by molar-refractivity contribution is 1.19. The quantitative estimate of drug-likeness (QED) is 0.155. The molecule has 12 aromatic carbocycles. The summed E-state index contributed by atoms with van der Waals surface area (Å²) in [6.07, 6.45) is 0. The van der Waals surface area contributed by atoms with Gasteiger partial charge in [0, 0.05) is 49.4 Å². The standard InChI is InChI=1S/C66H43N3/c1-4-20-53-45(14-1)17-11-25-54(53)48-32-37-51(38-33-48)67(52-39-40-59-57-23-7-9-26-63(57)69(66(59)43-52)62-29-13-19-47-16-3-6-22-56(47)62)50-35-30-44(31-36-50)49-34-41-65-60(42-49)58-24-8-10-27-64(58)68(65)61-28-12-18-46-15-2-5-21-55(46)61/h1-43H. The van der Waals surface area contributed by atoms with Gasteiger partial charge in [0.1, 0.15) is 0 Å². The number of para-hydroxylation sites is 2. The molecule has 0 atom stereocenters. The van der Waals surface area contributed by atoms with Crippen molar-refractivity contribution in [2.45, 2.75) is 0 Å². The van der Waals surface area contributed by atoms with Crippen LogP contribution in [0.3, 0.4) is 0 Å². The Kier molecular flexibility index (Phi) is 8.90. The van der Waals surface area contributed by atoms with Crippen molar-refractivity contribution in [1.29, 1.82) is 0 Å². The van der Waals surface area contributed by atoms with Crippen LogP contribution in [0.4, 0.5) is 17.1 Å². The highest BCUT2D eigenvalue weighted by molar-refractivity contribution is 6.13. The SMILES string of the molecule is c1ccc2c(-c3ccc(N(c4ccc(-c5ccc6c(c5)c5ccccc5n6-c5cccc6ccccc56)cc4)c4ccc5c6ccccc6n(-c6cccc7ccccc67)c5c4)cc3)cccc2c1. The van der Waals surface area contributed by atoms with Gasteiger partial charge in [-0.05, 0) is 117 Å². The van der Waals surface area contributed by atoms with Crippen LogP contribution >= 0.6 is 0 Å². The van der Waals surface area contributed by atoms with Gasteiger partial charge in [0.05, 0.1) is 33.4 Å². The highest BCUT2D eigenvalue weighted by atomic mass is 15.1. The van der Waals surface area contributed by atoms with Gasteiger partial charge in [-0.25, -0.2) is 0 Å². The molecular weight excluding hydrogens is 835 g/mol. The minimum atomic E-state index is 1.08. The predicted molar refractivity (Wildman–Crippen MR) is 293 cm³/mol. The Morgan fingerprint density at radius 1 is 0.232 bits per heavy atom. The molecule has 0 aliphatic heterocycles. The van der Waals surface area contributed by atoms with Gasteiger partial charge in [-0.1, -0.05) is 188 Å². The van der Waals surface area contributed by atoms with Crippen LogP contribution in [0.15, 0.2) is 261 Å². The molecule has 0 saturated carbocycles. The van der Waals surface area contributed by atoms with E-state index < -0.39 is 0 Å². The van der Waals surface area contributed by atoms with Gasteiger partial charge in [-0.3, -0.25) is 0 Å². The Labute approximate surface area is 399 Å². The summed E-state index contributed by atoms with van der Waals surface area (Å²) >= 11 is 0. The molecule has 0 spiro atoms. The van der Waals surface area contributed by atoms with Crippen LogP contribution < -0.4 is 4.90 Å². The molecular formula is C66H43N3. The Morgan fingerprint density at radius 3 is 1.28 bits per heavy atom. The molecule has 14 rings (SSSR count). The fourth-order valence-electron chi connectivity index (χ4n) is 11.1. The van der Waals surface area contributed by atoms with Gasteiger partial charge in [-0.2, -0.15) is 0 Å². The highest BCUT2D eigenvalue weighted by Crippen LogP contribution is 2.43. The van der Waals surface area contributed by atoms with Gasteiger partial charge in [-0.15, -0.1) is 0 Å². The summed E-state index contributed by atoms with van der Waals surface area (Å²) in [4.78, 5) is 2.40. The Balaban J connectivity index is 0.920. The summed E-state index contributed by atoms with van der Waals surface area (Å²) in [5.41, 5.74) is 15.1. The van der Waals surface area contributed by atoms with Crippen LogP contribution in [0, 0.1) is 0 Å². The molecule has 3 heteroatoms. The van der Waals surface area contributed by atoms with Crippen molar-refractivity contribution in [1.82, 2.24) is 9.13 Å². The number of nitrogens with zero attached hydrogens (tertiary/aromatic N) is 3. The molecule has 69 heavy (non-hydrogen) atoms. The van der Waals surface area contributed by atoms with Crippen molar-refractivity contribution < 1.29 is 0 Å². The van der Waals surface area contributed by atoms with E-state index in [1.807, 2.05) is 0 Å². The van der Waals surface area contributed by atoms with Gasteiger partial charge in [0.25, 0.3) is 0 Å². The molecule has 14 aromatic rings. The summed E-state index contributed by atoms with van der Waals surface area (Å²) in [5, 5.41) is 12.4. The van der Waals surface area contributed by atoms with Crippen LogP contribution in [-0.4, -0.2) is 9.13 Å². The van der Waals surface area contributed by atoms with E-state index >= 15 is 0 Å². The highest BCUT2D eigenvalue weighted by Gasteiger charge is 2.20. The summed E-state index contributed by atoms with van der Waals surface area (Å²) in [6, 6.07) is 95.6. The molecule has 0 N–H and O–H groups in total. The molecule has 322 valence electrons. The van der Waals surface area contributed by atoms with Crippen LogP contribution in [-0.2, 0) is 0 Å². The van der Waals surface area contributed by atoms with E-state index in [1.54, 1.807) is 0 Å². The first-order valence-electron chi connectivity index (χ1n) is 23.8.